The van der Waals surface area contributed by atoms with E-state index in [9.17, 15) is 4.79 Å². The SMILES string of the molecule is COc1ccc(CC(=O)N(Cc2nnc(-c3ccccc3Cl)o2)C2CC2)cc1OC. The first-order valence-corrected chi connectivity index (χ1v) is 10.0. The van der Waals surface area contributed by atoms with E-state index < -0.39 is 0 Å². The fraction of sp³-hybridized carbons (Fsp3) is 0.318. The third-order valence-electron chi connectivity index (χ3n) is 4.99. The Kier molecular flexibility index (Phi) is 5.90. The Morgan fingerprint density at radius 1 is 1.13 bits per heavy atom. The minimum absolute atomic E-state index is 0.00205. The topological polar surface area (TPSA) is 77.7 Å². The highest BCUT2D eigenvalue weighted by Gasteiger charge is 2.33. The van der Waals surface area contributed by atoms with Crippen LogP contribution in [-0.4, -0.2) is 41.3 Å². The smallest absolute Gasteiger partial charge is 0.249 e. The van der Waals surface area contributed by atoms with Gasteiger partial charge in [-0.2, -0.15) is 0 Å². The number of hydrogen-bond donors (Lipinski definition) is 0. The van der Waals surface area contributed by atoms with Gasteiger partial charge in [-0.3, -0.25) is 4.79 Å². The van der Waals surface area contributed by atoms with Crippen LogP contribution < -0.4 is 9.47 Å². The van der Waals surface area contributed by atoms with Gasteiger partial charge in [0.2, 0.25) is 17.7 Å². The molecule has 0 spiro atoms. The second-order valence-corrected chi connectivity index (χ2v) is 7.51. The molecule has 1 aromatic heterocycles. The van der Waals surface area contributed by atoms with Crippen LogP contribution in [0.15, 0.2) is 46.9 Å². The average Bonchev–Trinajstić information content (AvgIpc) is 3.50. The molecule has 30 heavy (non-hydrogen) atoms. The molecule has 0 unspecified atom stereocenters. The van der Waals surface area contributed by atoms with Gasteiger partial charge in [-0.15, -0.1) is 10.2 Å². The molecule has 1 aliphatic rings. The maximum Gasteiger partial charge on any atom is 0.249 e. The molecule has 0 N–H and O–H groups in total. The van der Waals surface area contributed by atoms with Gasteiger partial charge in [-0.05, 0) is 42.7 Å². The summed E-state index contributed by atoms with van der Waals surface area (Å²) < 4.78 is 16.4. The number of hydrogen-bond acceptors (Lipinski definition) is 6. The molecule has 0 atom stereocenters. The minimum atomic E-state index is 0.00205. The quantitative estimate of drug-likeness (QED) is 0.537. The summed E-state index contributed by atoms with van der Waals surface area (Å²) >= 11 is 6.21. The van der Waals surface area contributed by atoms with E-state index in [4.69, 9.17) is 25.5 Å². The van der Waals surface area contributed by atoms with E-state index in [1.807, 2.05) is 30.3 Å². The van der Waals surface area contributed by atoms with Crippen molar-refractivity contribution >= 4 is 17.5 Å². The lowest BCUT2D eigenvalue weighted by Gasteiger charge is -2.21. The van der Waals surface area contributed by atoms with Crippen molar-refractivity contribution in [1.82, 2.24) is 15.1 Å². The molecule has 0 aliphatic heterocycles. The third-order valence-corrected chi connectivity index (χ3v) is 5.32. The molecule has 0 bridgehead atoms. The van der Waals surface area contributed by atoms with Crippen LogP contribution in [0.25, 0.3) is 11.5 Å². The summed E-state index contributed by atoms with van der Waals surface area (Å²) in [6.07, 6.45) is 2.20. The van der Waals surface area contributed by atoms with Gasteiger partial charge < -0.3 is 18.8 Å². The lowest BCUT2D eigenvalue weighted by Crippen LogP contribution is -2.34. The van der Waals surface area contributed by atoms with Gasteiger partial charge in [-0.25, -0.2) is 0 Å². The Hall–Kier alpha value is -3.06. The molecule has 1 saturated carbocycles. The van der Waals surface area contributed by atoms with Gasteiger partial charge in [0, 0.05) is 6.04 Å². The summed E-state index contributed by atoms with van der Waals surface area (Å²) in [5, 5.41) is 8.75. The molecule has 4 rings (SSSR count). The Bertz CT molecular complexity index is 1050. The van der Waals surface area contributed by atoms with E-state index in [1.54, 1.807) is 31.3 Å². The zero-order chi connectivity index (χ0) is 21.1. The molecule has 1 fully saturated rings. The first-order chi connectivity index (χ1) is 14.6. The number of nitrogens with zero attached hydrogens (tertiary/aromatic N) is 3. The first-order valence-electron chi connectivity index (χ1n) is 9.66. The summed E-state index contributed by atoms with van der Waals surface area (Å²) in [7, 11) is 3.16. The fourth-order valence-electron chi connectivity index (χ4n) is 3.28. The highest BCUT2D eigenvalue weighted by molar-refractivity contribution is 6.33. The predicted molar refractivity (Wildman–Crippen MR) is 112 cm³/mol. The third kappa shape index (κ3) is 4.41. The molecule has 0 radical (unpaired) electrons. The summed E-state index contributed by atoms with van der Waals surface area (Å²) in [6.45, 7) is 0.272. The molecular formula is C22H22ClN3O4. The number of carbonyl (C=O) groups excluding carboxylic acids is 1. The molecule has 7 nitrogen and oxygen atoms in total. The van der Waals surface area contributed by atoms with Crippen molar-refractivity contribution in [1.29, 1.82) is 0 Å². The highest BCUT2D eigenvalue weighted by atomic mass is 35.5. The van der Waals surface area contributed by atoms with Crippen LogP contribution in [0.1, 0.15) is 24.3 Å². The summed E-state index contributed by atoms with van der Waals surface area (Å²) in [6, 6.07) is 13.0. The number of amides is 1. The number of rotatable bonds is 8. The van der Waals surface area contributed by atoms with E-state index in [1.165, 1.54) is 0 Å². The van der Waals surface area contributed by atoms with Crippen LogP contribution in [-0.2, 0) is 17.8 Å². The van der Waals surface area contributed by atoms with Crippen LogP contribution in [0, 0.1) is 0 Å². The van der Waals surface area contributed by atoms with Gasteiger partial charge in [-0.1, -0.05) is 29.8 Å². The first kappa shape index (κ1) is 20.2. The van der Waals surface area contributed by atoms with Crippen molar-refractivity contribution in [3.63, 3.8) is 0 Å². The number of ether oxygens (including phenoxy) is 2. The Labute approximate surface area is 179 Å². The summed E-state index contributed by atoms with van der Waals surface area (Å²) in [5.41, 5.74) is 1.53. The molecule has 1 amide bonds. The van der Waals surface area contributed by atoms with Crippen molar-refractivity contribution in [3.05, 3.63) is 58.9 Å². The number of benzene rings is 2. The lowest BCUT2D eigenvalue weighted by atomic mass is 10.1. The molecule has 8 heteroatoms. The van der Waals surface area contributed by atoms with Crippen molar-refractivity contribution in [2.75, 3.05) is 14.2 Å². The zero-order valence-corrected chi connectivity index (χ0v) is 17.6. The van der Waals surface area contributed by atoms with Crippen molar-refractivity contribution in [3.8, 4) is 23.0 Å². The Morgan fingerprint density at radius 3 is 2.60 bits per heavy atom. The molecule has 3 aromatic rings. The predicted octanol–water partition coefficient (Wildman–Crippen LogP) is 4.14. The van der Waals surface area contributed by atoms with Gasteiger partial charge >= 0.3 is 0 Å². The molecule has 2 aromatic carbocycles. The van der Waals surface area contributed by atoms with Gasteiger partial charge in [0.15, 0.2) is 11.5 Å². The monoisotopic (exact) mass is 427 g/mol. The Balaban J connectivity index is 1.48. The normalized spacial score (nSPS) is 13.2. The van der Waals surface area contributed by atoms with Crippen LogP contribution >= 0.6 is 11.6 Å². The number of halogens is 1. The lowest BCUT2D eigenvalue weighted by molar-refractivity contribution is -0.132. The van der Waals surface area contributed by atoms with Crippen molar-refractivity contribution in [2.24, 2.45) is 0 Å². The van der Waals surface area contributed by atoms with E-state index >= 15 is 0 Å². The maximum atomic E-state index is 13.0. The fourth-order valence-corrected chi connectivity index (χ4v) is 3.50. The average molecular weight is 428 g/mol. The second-order valence-electron chi connectivity index (χ2n) is 7.10. The van der Waals surface area contributed by atoms with E-state index in [2.05, 4.69) is 10.2 Å². The minimum Gasteiger partial charge on any atom is -0.493 e. The van der Waals surface area contributed by atoms with Gasteiger partial charge in [0.05, 0.1) is 37.8 Å². The van der Waals surface area contributed by atoms with Crippen LogP contribution in [0.4, 0.5) is 0 Å². The van der Waals surface area contributed by atoms with Gasteiger partial charge in [0.1, 0.15) is 0 Å². The number of methoxy groups -OCH3 is 2. The maximum absolute atomic E-state index is 13.0. The summed E-state index contributed by atoms with van der Waals surface area (Å²) in [4.78, 5) is 14.8. The van der Waals surface area contributed by atoms with Crippen molar-refractivity contribution in [2.45, 2.75) is 31.8 Å². The van der Waals surface area contributed by atoms with E-state index in [0.29, 0.717) is 33.9 Å². The largest absolute Gasteiger partial charge is 0.493 e. The Morgan fingerprint density at radius 2 is 1.90 bits per heavy atom. The second kappa shape index (κ2) is 8.75. The molecular weight excluding hydrogens is 406 g/mol. The summed E-state index contributed by atoms with van der Waals surface area (Å²) in [5.74, 6) is 1.96. The number of carbonyl (C=O) groups is 1. The van der Waals surface area contributed by atoms with Gasteiger partial charge in [0.25, 0.3) is 0 Å². The van der Waals surface area contributed by atoms with Crippen molar-refractivity contribution < 1.29 is 18.7 Å². The number of aromatic nitrogens is 2. The highest BCUT2D eigenvalue weighted by Crippen LogP contribution is 2.32. The molecule has 1 heterocycles. The van der Waals surface area contributed by atoms with E-state index in [-0.39, 0.29) is 24.9 Å². The van der Waals surface area contributed by atoms with E-state index in [0.717, 1.165) is 18.4 Å². The molecule has 1 aliphatic carbocycles. The van der Waals surface area contributed by atoms with Crippen LogP contribution in [0.3, 0.4) is 0 Å². The zero-order valence-electron chi connectivity index (χ0n) is 16.8. The van der Waals surface area contributed by atoms with Crippen LogP contribution in [0.2, 0.25) is 5.02 Å². The molecule has 156 valence electrons. The van der Waals surface area contributed by atoms with Crippen LogP contribution in [0.5, 0.6) is 11.5 Å². The molecule has 0 saturated heterocycles. The standard InChI is InChI=1S/C22H22ClN3O4/c1-28-18-10-7-14(11-19(18)29-2)12-21(27)26(15-8-9-15)13-20-24-25-22(30-20)16-5-3-4-6-17(16)23/h3-7,10-11,15H,8-9,12-13H2,1-2H3.